The zero-order valence-electron chi connectivity index (χ0n) is 11.4. The van der Waals surface area contributed by atoms with Crippen LogP contribution in [-0.2, 0) is 0 Å². The Hall–Kier alpha value is -2.73. The third-order valence-corrected chi connectivity index (χ3v) is 3.75. The van der Waals surface area contributed by atoms with Gasteiger partial charge in [-0.25, -0.2) is 9.37 Å². The van der Waals surface area contributed by atoms with E-state index in [4.69, 9.17) is 0 Å². The fourth-order valence-corrected chi connectivity index (χ4v) is 2.45. The van der Waals surface area contributed by atoms with Gasteiger partial charge in [-0.05, 0) is 47.8 Å². The minimum Gasteiger partial charge on any atom is -0.354 e. The fourth-order valence-electron chi connectivity index (χ4n) is 1.83. The van der Waals surface area contributed by atoms with Crippen LogP contribution in [0, 0.1) is 5.82 Å². The molecule has 0 atom stereocenters. The minimum atomic E-state index is -0.282. The molecule has 0 aliphatic rings. The van der Waals surface area contributed by atoms with E-state index in [1.807, 2.05) is 11.4 Å². The molecule has 0 fully saturated rings. The van der Waals surface area contributed by atoms with Crippen LogP contribution in [0.5, 0.6) is 0 Å². The molecule has 2 heterocycles. The van der Waals surface area contributed by atoms with Crippen molar-refractivity contribution in [2.24, 2.45) is 0 Å². The van der Waals surface area contributed by atoms with Gasteiger partial charge in [-0.3, -0.25) is 4.79 Å². The van der Waals surface area contributed by atoms with E-state index < -0.39 is 0 Å². The molecule has 1 aromatic carbocycles. The van der Waals surface area contributed by atoms with Crippen molar-refractivity contribution in [1.29, 1.82) is 0 Å². The minimum absolute atomic E-state index is 0.179. The lowest BCUT2D eigenvalue weighted by Crippen LogP contribution is -2.11. The van der Waals surface area contributed by atoms with Crippen LogP contribution in [0.2, 0.25) is 0 Å². The number of nitrogens with one attached hydrogen (secondary N) is 2. The zero-order chi connectivity index (χ0) is 15.4. The van der Waals surface area contributed by atoms with Gasteiger partial charge in [0, 0.05) is 5.69 Å². The predicted molar refractivity (Wildman–Crippen MR) is 86.2 cm³/mol. The molecule has 1 amide bonds. The molecule has 0 spiro atoms. The van der Waals surface area contributed by atoms with E-state index in [0.717, 1.165) is 11.4 Å². The van der Waals surface area contributed by atoms with Crippen LogP contribution in [0.25, 0.3) is 0 Å². The molecule has 2 aromatic heterocycles. The number of pyridine rings is 1. The smallest absolute Gasteiger partial charge is 0.266 e. The van der Waals surface area contributed by atoms with E-state index in [1.165, 1.54) is 23.5 Å². The van der Waals surface area contributed by atoms with E-state index >= 15 is 0 Å². The standard InChI is InChI=1S/C16H12FN3OS/c17-11-3-5-12(6-4-11)19-13-7-8-15(18-10-13)20-16(21)14-2-1-9-22-14/h1-10,19H,(H,18,20,21). The van der Waals surface area contributed by atoms with Gasteiger partial charge < -0.3 is 10.6 Å². The van der Waals surface area contributed by atoms with Crippen molar-refractivity contribution < 1.29 is 9.18 Å². The lowest BCUT2D eigenvalue weighted by atomic mass is 10.3. The second-order valence-electron chi connectivity index (χ2n) is 4.50. The molecule has 0 unspecified atom stereocenters. The van der Waals surface area contributed by atoms with Crippen LogP contribution in [0.4, 0.5) is 21.6 Å². The first-order valence-corrected chi connectivity index (χ1v) is 7.42. The van der Waals surface area contributed by atoms with Gasteiger partial charge in [0.15, 0.2) is 0 Å². The molecule has 0 radical (unpaired) electrons. The lowest BCUT2D eigenvalue weighted by Gasteiger charge is -2.07. The topological polar surface area (TPSA) is 54.0 Å². The Balaban J connectivity index is 1.65. The summed E-state index contributed by atoms with van der Waals surface area (Å²) in [6, 6.07) is 13.1. The highest BCUT2D eigenvalue weighted by atomic mass is 32.1. The maximum absolute atomic E-state index is 12.8. The van der Waals surface area contributed by atoms with Gasteiger partial charge in [0.25, 0.3) is 5.91 Å². The van der Waals surface area contributed by atoms with Crippen molar-refractivity contribution in [2.75, 3.05) is 10.6 Å². The SMILES string of the molecule is O=C(Nc1ccc(Nc2ccc(F)cc2)cn1)c1cccs1. The van der Waals surface area contributed by atoms with Crippen LogP contribution in [-0.4, -0.2) is 10.9 Å². The molecule has 110 valence electrons. The molecule has 0 bridgehead atoms. The van der Waals surface area contributed by atoms with Crippen LogP contribution >= 0.6 is 11.3 Å². The van der Waals surface area contributed by atoms with Crippen LogP contribution < -0.4 is 10.6 Å². The second kappa shape index (κ2) is 6.36. The Morgan fingerprint density at radius 1 is 1.05 bits per heavy atom. The number of rotatable bonds is 4. The number of thiophene rings is 1. The van der Waals surface area contributed by atoms with E-state index in [-0.39, 0.29) is 11.7 Å². The van der Waals surface area contributed by atoms with E-state index in [9.17, 15) is 9.18 Å². The molecular weight excluding hydrogens is 301 g/mol. The van der Waals surface area contributed by atoms with Gasteiger partial charge in [0.05, 0.1) is 16.8 Å². The normalized spacial score (nSPS) is 10.2. The number of carbonyl (C=O) groups is 1. The lowest BCUT2D eigenvalue weighted by molar-refractivity contribution is 0.103. The summed E-state index contributed by atoms with van der Waals surface area (Å²) in [5.74, 6) is 0.0140. The molecule has 6 heteroatoms. The Kier molecular flexibility index (Phi) is 4.11. The quantitative estimate of drug-likeness (QED) is 0.756. The summed E-state index contributed by atoms with van der Waals surface area (Å²) in [5, 5.41) is 7.67. The molecule has 0 saturated heterocycles. The Bertz CT molecular complexity index is 755. The largest absolute Gasteiger partial charge is 0.354 e. The van der Waals surface area contributed by atoms with Crippen molar-refractivity contribution >= 4 is 34.4 Å². The Labute approximate surface area is 130 Å². The molecule has 22 heavy (non-hydrogen) atoms. The number of amides is 1. The highest BCUT2D eigenvalue weighted by Crippen LogP contribution is 2.18. The summed E-state index contributed by atoms with van der Waals surface area (Å²) >= 11 is 1.37. The van der Waals surface area contributed by atoms with Crippen molar-refractivity contribution in [3.63, 3.8) is 0 Å². The van der Waals surface area contributed by atoms with Gasteiger partial charge in [0.2, 0.25) is 0 Å². The summed E-state index contributed by atoms with van der Waals surface area (Å²) in [6.45, 7) is 0. The first-order chi connectivity index (χ1) is 10.7. The molecule has 0 aliphatic carbocycles. The average molecular weight is 313 g/mol. The van der Waals surface area contributed by atoms with Gasteiger partial charge in [-0.15, -0.1) is 11.3 Å². The number of halogens is 1. The first kappa shape index (κ1) is 14.2. The van der Waals surface area contributed by atoms with Crippen molar-refractivity contribution in [3.8, 4) is 0 Å². The highest BCUT2D eigenvalue weighted by Gasteiger charge is 2.07. The maximum Gasteiger partial charge on any atom is 0.266 e. The van der Waals surface area contributed by atoms with Crippen molar-refractivity contribution in [2.45, 2.75) is 0 Å². The van der Waals surface area contributed by atoms with Gasteiger partial charge >= 0.3 is 0 Å². The van der Waals surface area contributed by atoms with E-state index in [0.29, 0.717) is 10.7 Å². The molecule has 3 aromatic rings. The number of carbonyl (C=O) groups excluding carboxylic acids is 1. The summed E-state index contributed by atoms with van der Waals surface area (Å²) in [5.41, 5.74) is 1.51. The third-order valence-electron chi connectivity index (χ3n) is 2.88. The zero-order valence-corrected chi connectivity index (χ0v) is 12.2. The predicted octanol–water partition coefficient (Wildman–Crippen LogP) is 4.28. The first-order valence-electron chi connectivity index (χ1n) is 6.54. The Morgan fingerprint density at radius 3 is 2.45 bits per heavy atom. The van der Waals surface area contributed by atoms with Crippen LogP contribution in [0.3, 0.4) is 0 Å². The molecule has 4 nitrogen and oxygen atoms in total. The highest BCUT2D eigenvalue weighted by molar-refractivity contribution is 7.12. The summed E-state index contributed by atoms with van der Waals surface area (Å²) in [7, 11) is 0. The number of aromatic nitrogens is 1. The summed E-state index contributed by atoms with van der Waals surface area (Å²) in [6.07, 6.45) is 1.60. The molecule has 0 saturated carbocycles. The van der Waals surface area contributed by atoms with Gasteiger partial charge in [0.1, 0.15) is 11.6 Å². The third kappa shape index (κ3) is 3.48. The molecule has 3 rings (SSSR count). The monoisotopic (exact) mass is 313 g/mol. The average Bonchev–Trinajstić information content (AvgIpc) is 3.06. The number of anilines is 3. The molecule has 2 N–H and O–H groups in total. The van der Waals surface area contributed by atoms with Crippen LogP contribution in [0.15, 0.2) is 60.1 Å². The van der Waals surface area contributed by atoms with Crippen LogP contribution in [0.1, 0.15) is 9.67 Å². The number of nitrogens with zero attached hydrogens (tertiary/aromatic N) is 1. The van der Waals surface area contributed by atoms with Crippen molar-refractivity contribution in [3.05, 3.63) is 70.8 Å². The summed E-state index contributed by atoms with van der Waals surface area (Å²) < 4.78 is 12.8. The fraction of sp³-hybridized carbons (Fsp3) is 0. The molecule has 0 aliphatic heterocycles. The molecular formula is C16H12FN3OS. The second-order valence-corrected chi connectivity index (χ2v) is 5.44. The summed E-state index contributed by atoms with van der Waals surface area (Å²) in [4.78, 5) is 16.7. The van der Waals surface area contributed by atoms with Gasteiger partial charge in [-0.2, -0.15) is 0 Å². The number of hydrogen-bond donors (Lipinski definition) is 2. The van der Waals surface area contributed by atoms with E-state index in [1.54, 1.807) is 36.5 Å². The Morgan fingerprint density at radius 2 is 1.82 bits per heavy atom. The number of benzene rings is 1. The van der Waals surface area contributed by atoms with Gasteiger partial charge in [-0.1, -0.05) is 6.07 Å². The number of hydrogen-bond acceptors (Lipinski definition) is 4. The maximum atomic E-state index is 12.8. The van der Waals surface area contributed by atoms with E-state index in [2.05, 4.69) is 15.6 Å². The van der Waals surface area contributed by atoms with Crippen molar-refractivity contribution in [1.82, 2.24) is 4.98 Å².